The Labute approximate surface area is 169 Å². The molecule has 0 radical (unpaired) electrons. The lowest BCUT2D eigenvalue weighted by Crippen LogP contribution is -2.38. The van der Waals surface area contributed by atoms with E-state index in [2.05, 4.69) is 5.32 Å². The summed E-state index contributed by atoms with van der Waals surface area (Å²) >= 11 is 1.27. The van der Waals surface area contributed by atoms with Gasteiger partial charge in [0.1, 0.15) is 10.0 Å². The van der Waals surface area contributed by atoms with E-state index in [1.165, 1.54) is 23.5 Å². The number of piperidine rings is 1. The molecule has 0 saturated carbocycles. The van der Waals surface area contributed by atoms with Gasteiger partial charge in [-0.25, -0.2) is 12.8 Å². The van der Waals surface area contributed by atoms with Crippen molar-refractivity contribution in [1.82, 2.24) is 9.62 Å². The van der Waals surface area contributed by atoms with Crippen LogP contribution in [-0.2, 0) is 21.4 Å². The van der Waals surface area contributed by atoms with Gasteiger partial charge >= 0.3 is 0 Å². The molecule has 3 rings (SSSR count). The minimum Gasteiger partial charge on any atom is -0.352 e. The second kappa shape index (κ2) is 9.15. The summed E-state index contributed by atoms with van der Waals surface area (Å²) in [6.45, 7) is 3.28. The van der Waals surface area contributed by atoms with Crippen molar-refractivity contribution in [3.05, 3.63) is 52.7 Å². The Bertz CT molecular complexity index is 902. The first-order valence-electron chi connectivity index (χ1n) is 9.41. The lowest BCUT2D eigenvalue weighted by molar-refractivity contribution is -0.121. The molecule has 152 valence electrons. The molecule has 0 bridgehead atoms. The monoisotopic (exact) mass is 424 g/mol. The van der Waals surface area contributed by atoms with Crippen molar-refractivity contribution in [3.8, 4) is 0 Å². The molecule has 5 nitrogen and oxygen atoms in total. The predicted octanol–water partition coefficient (Wildman–Crippen LogP) is 3.69. The topological polar surface area (TPSA) is 66.5 Å². The second-order valence-corrected chi connectivity index (χ2v) is 10.3. The maximum atomic E-state index is 12.9. The number of benzene rings is 1. The van der Waals surface area contributed by atoms with Gasteiger partial charge in [-0.15, -0.1) is 11.3 Å². The highest BCUT2D eigenvalue weighted by Crippen LogP contribution is 2.29. The molecular weight excluding hydrogens is 399 g/mol. The summed E-state index contributed by atoms with van der Waals surface area (Å²) in [4.78, 5) is 12.0. The molecule has 1 saturated heterocycles. The maximum Gasteiger partial charge on any atom is 0.252 e. The van der Waals surface area contributed by atoms with Crippen LogP contribution in [0.2, 0.25) is 0 Å². The third-order valence-corrected chi connectivity index (χ3v) is 8.49. The number of hydrogen-bond donors (Lipinski definition) is 1. The van der Waals surface area contributed by atoms with Crippen molar-refractivity contribution in [2.24, 2.45) is 5.92 Å². The Morgan fingerprint density at radius 1 is 1.25 bits per heavy atom. The number of halogens is 1. The van der Waals surface area contributed by atoms with Crippen LogP contribution in [-0.4, -0.2) is 31.7 Å². The minimum atomic E-state index is -3.39. The van der Waals surface area contributed by atoms with E-state index in [9.17, 15) is 17.6 Å². The molecule has 0 aliphatic carbocycles. The molecule has 1 amide bonds. The van der Waals surface area contributed by atoms with Gasteiger partial charge in [0.05, 0.1) is 0 Å². The molecule has 0 spiro atoms. The zero-order valence-corrected chi connectivity index (χ0v) is 17.5. The van der Waals surface area contributed by atoms with Gasteiger partial charge in [-0.1, -0.05) is 12.1 Å². The van der Waals surface area contributed by atoms with Gasteiger partial charge in [0, 0.05) is 26.1 Å². The number of sulfonamides is 1. The van der Waals surface area contributed by atoms with E-state index in [0.29, 0.717) is 36.2 Å². The second-order valence-electron chi connectivity index (χ2n) is 7.23. The number of nitrogens with zero attached hydrogens (tertiary/aromatic N) is 1. The molecule has 0 atom stereocenters. The average molecular weight is 425 g/mol. The standard InChI is InChI=1S/C20H25FN2O3S2/c1-15-12-20(27-14-15)28(25,26)23-10-8-16(9-11-23)4-7-19(24)22-13-17-2-5-18(21)6-3-17/h2-3,5-6,12,14,16H,4,7-11,13H2,1H3,(H,22,24). The van der Waals surface area contributed by atoms with Crippen LogP contribution < -0.4 is 5.32 Å². The van der Waals surface area contributed by atoms with Gasteiger partial charge in [0.25, 0.3) is 10.0 Å². The minimum absolute atomic E-state index is 0.0339. The number of carbonyl (C=O) groups excluding carboxylic acids is 1. The van der Waals surface area contributed by atoms with Crippen LogP contribution in [0.25, 0.3) is 0 Å². The van der Waals surface area contributed by atoms with E-state index in [-0.39, 0.29) is 11.7 Å². The van der Waals surface area contributed by atoms with Gasteiger partial charge in [0.2, 0.25) is 5.91 Å². The Morgan fingerprint density at radius 3 is 2.54 bits per heavy atom. The fourth-order valence-electron chi connectivity index (χ4n) is 3.33. The quantitative estimate of drug-likeness (QED) is 0.737. The molecule has 2 aromatic rings. The molecule has 1 aliphatic heterocycles. The molecule has 1 fully saturated rings. The Kier molecular flexibility index (Phi) is 6.85. The van der Waals surface area contributed by atoms with E-state index in [1.807, 2.05) is 12.3 Å². The van der Waals surface area contributed by atoms with Gasteiger partial charge < -0.3 is 5.32 Å². The zero-order chi connectivity index (χ0) is 20.1. The van der Waals surface area contributed by atoms with Crippen molar-refractivity contribution in [3.63, 3.8) is 0 Å². The summed E-state index contributed by atoms with van der Waals surface area (Å²) in [5.74, 6) is 0.0270. The smallest absolute Gasteiger partial charge is 0.252 e. The van der Waals surface area contributed by atoms with Gasteiger partial charge in [0.15, 0.2) is 0 Å². The lowest BCUT2D eigenvalue weighted by atomic mass is 9.93. The molecule has 0 unspecified atom stereocenters. The van der Waals surface area contributed by atoms with Crippen LogP contribution in [0.5, 0.6) is 0 Å². The summed E-state index contributed by atoms with van der Waals surface area (Å²) in [5.41, 5.74) is 1.82. The molecule has 1 N–H and O–H groups in total. The van der Waals surface area contributed by atoms with E-state index in [0.717, 1.165) is 30.4 Å². The molecule has 8 heteroatoms. The number of thiophene rings is 1. The summed E-state index contributed by atoms with van der Waals surface area (Å²) in [7, 11) is -3.39. The van der Waals surface area contributed by atoms with Gasteiger partial charge in [-0.3, -0.25) is 4.79 Å². The van der Waals surface area contributed by atoms with Crippen molar-refractivity contribution in [1.29, 1.82) is 0 Å². The Balaban J connectivity index is 1.40. The van der Waals surface area contributed by atoms with E-state index >= 15 is 0 Å². The lowest BCUT2D eigenvalue weighted by Gasteiger charge is -2.30. The zero-order valence-electron chi connectivity index (χ0n) is 15.9. The van der Waals surface area contributed by atoms with Crippen LogP contribution in [0.3, 0.4) is 0 Å². The highest BCUT2D eigenvalue weighted by Gasteiger charge is 2.30. The number of hydrogen-bond acceptors (Lipinski definition) is 4. The third kappa shape index (κ3) is 5.40. The molecule has 1 aromatic carbocycles. The number of rotatable bonds is 7. The van der Waals surface area contributed by atoms with Gasteiger partial charge in [-0.05, 0) is 66.8 Å². The number of aryl methyl sites for hydroxylation is 1. The molecule has 2 heterocycles. The van der Waals surface area contributed by atoms with E-state index < -0.39 is 10.0 Å². The highest BCUT2D eigenvalue weighted by molar-refractivity contribution is 7.91. The van der Waals surface area contributed by atoms with Crippen LogP contribution in [0, 0.1) is 18.7 Å². The van der Waals surface area contributed by atoms with Gasteiger partial charge in [-0.2, -0.15) is 4.31 Å². The van der Waals surface area contributed by atoms with Crippen LogP contribution in [0.1, 0.15) is 36.8 Å². The van der Waals surface area contributed by atoms with E-state index in [1.54, 1.807) is 22.5 Å². The molecule has 28 heavy (non-hydrogen) atoms. The van der Waals surface area contributed by atoms with Crippen LogP contribution >= 0.6 is 11.3 Å². The summed E-state index contributed by atoms with van der Waals surface area (Å²) in [6.07, 6.45) is 2.72. The average Bonchev–Trinajstić information content (AvgIpc) is 3.13. The van der Waals surface area contributed by atoms with Crippen LogP contribution in [0.15, 0.2) is 39.9 Å². The first-order chi connectivity index (χ1) is 13.3. The maximum absolute atomic E-state index is 12.9. The van der Waals surface area contributed by atoms with Crippen molar-refractivity contribution >= 4 is 27.3 Å². The Hall–Kier alpha value is -1.77. The van der Waals surface area contributed by atoms with Crippen molar-refractivity contribution in [2.45, 2.75) is 43.4 Å². The summed E-state index contributed by atoms with van der Waals surface area (Å²) < 4.78 is 40.2. The fourth-order valence-corrected chi connectivity index (χ4v) is 6.18. The molecule has 1 aliphatic rings. The molecule has 1 aromatic heterocycles. The predicted molar refractivity (Wildman–Crippen MR) is 108 cm³/mol. The summed E-state index contributed by atoms with van der Waals surface area (Å²) in [5, 5.41) is 4.70. The van der Waals surface area contributed by atoms with Crippen molar-refractivity contribution in [2.75, 3.05) is 13.1 Å². The summed E-state index contributed by atoms with van der Waals surface area (Å²) in [6, 6.07) is 7.78. The molecular formula is C20H25FN2O3S2. The highest BCUT2D eigenvalue weighted by atomic mass is 32.2. The fraction of sp³-hybridized carbons (Fsp3) is 0.450. The van der Waals surface area contributed by atoms with E-state index in [4.69, 9.17) is 0 Å². The first kappa shape index (κ1) is 21.0. The van der Waals surface area contributed by atoms with Crippen molar-refractivity contribution < 1.29 is 17.6 Å². The SMILES string of the molecule is Cc1csc(S(=O)(=O)N2CCC(CCC(=O)NCc3ccc(F)cc3)CC2)c1. The number of carbonyl (C=O) groups is 1. The number of nitrogens with one attached hydrogen (secondary N) is 1. The van der Waals surface area contributed by atoms with Crippen LogP contribution in [0.4, 0.5) is 4.39 Å². The Morgan fingerprint density at radius 2 is 1.93 bits per heavy atom. The normalized spacial score (nSPS) is 16.2. The third-order valence-electron chi connectivity index (χ3n) is 5.06. The largest absolute Gasteiger partial charge is 0.352 e. The first-order valence-corrected chi connectivity index (χ1v) is 11.7. The number of amides is 1.